The van der Waals surface area contributed by atoms with Gasteiger partial charge in [0.2, 0.25) is 0 Å². The lowest BCUT2D eigenvalue weighted by Gasteiger charge is -2.08. The van der Waals surface area contributed by atoms with Crippen molar-refractivity contribution >= 4 is 27.6 Å². The van der Waals surface area contributed by atoms with E-state index in [4.69, 9.17) is 11.6 Å². The molecule has 0 saturated heterocycles. The van der Waals surface area contributed by atoms with E-state index in [0.717, 1.165) is 6.42 Å². The Kier molecular flexibility index (Phi) is 4.31. The molecule has 1 rings (SSSR count). The third kappa shape index (κ3) is 4.03. The Balaban J connectivity index is 2.74. The van der Waals surface area contributed by atoms with E-state index in [0.29, 0.717) is 6.54 Å². The van der Waals surface area contributed by atoms with Gasteiger partial charge < -0.3 is 0 Å². The van der Waals surface area contributed by atoms with E-state index in [-0.39, 0.29) is 10.8 Å². The summed E-state index contributed by atoms with van der Waals surface area (Å²) in [5.74, 6) is 0.128. The Morgan fingerprint density at radius 2 is 2.27 bits per heavy atom. The molecule has 1 heterocycles. The number of nitrogens with one attached hydrogen (secondary N) is 2. The fourth-order valence-electron chi connectivity index (χ4n) is 0.861. The van der Waals surface area contributed by atoms with Crippen LogP contribution in [0.5, 0.6) is 0 Å². The topological polar surface area (TPSA) is 71.1 Å². The molecule has 1 aromatic rings. The zero-order valence-electron chi connectivity index (χ0n) is 8.20. The van der Waals surface area contributed by atoms with E-state index < -0.39 is 10.2 Å². The molecule has 0 atom stereocenters. The molecule has 7 heteroatoms. The molecular formula is C8H12ClN3O2S. The van der Waals surface area contributed by atoms with Gasteiger partial charge in [-0.1, -0.05) is 18.5 Å². The molecule has 0 aliphatic rings. The quantitative estimate of drug-likeness (QED) is 0.829. The minimum Gasteiger partial charge on any atom is -0.253 e. The molecule has 0 unspecified atom stereocenters. The summed E-state index contributed by atoms with van der Waals surface area (Å²) in [4.78, 5) is 3.81. The van der Waals surface area contributed by atoms with Crippen molar-refractivity contribution in [2.45, 2.75) is 13.3 Å². The molecule has 0 spiro atoms. The maximum absolute atomic E-state index is 11.4. The fourth-order valence-corrected chi connectivity index (χ4v) is 2.05. The average molecular weight is 250 g/mol. The minimum absolute atomic E-state index is 0.128. The number of pyridine rings is 1. The maximum atomic E-state index is 11.4. The van der Waals surface area contributed by atoms with Crippen molar-refractivity contribution in [3.63, 3.8) is 0 Å². The fraction of sp³-hybridized carbons (Fsp3) is 0.375. The molecular weight excluding hydrogens is 238 g/mol. The van der Waals surface area contributed by atoms with Crippen molar-refractivity contribution in [3.05, 3.63) is 23.4 Å². The van der Waals surface area contributed by atoms with Crippen LogP contribution in [0.25, 0.3) is 0 Å². The second-order valence-electron chi connectivity index (χ2n) is 2.83. The van der Waals surface area contributed by atoms with Crippen LogP contribution >= 0.6 is 11.6 Å². The highest BCUT2D eigenvalue weighted by molar-refractivity contribution is 7.90. The molecule has 0 amide bonds. The first-order valence-corrected chi connectivity index (χ1v) is 6.29. The Bertz CT molecular complexity index is 422. The monoisotopic (exact) mass is 249 g/mol. The summed E-state index contributed by atoms with van der Waals surface area (Å²) in [6.45, 7) is 2.25. The van der Waals surface area contributed by atoms with Crippen LogP contribution in [-0.4, -0.2) is 19.9 Å². The highest BCUT2D eigenvalue weighted by Gasteiger charge is 2.11. The first kappa shape index (κ1) is 12.2. The van der Waals surface area contributed by atoms with E-state index in [9.17, 15) is 8.42 Å². The largest absolute Gasteiger partial charge is 0.300 e. The summed E-state index contributed by atoms with van der Waals surface area (Å²) in [7, 11) is -3.57. The summed E-state index contributed by atoms with van der Waals surface area (Å²) in [5.41, 5.74) is 0. The number of halogens is 1. The molecule has 84 valence electrons. The SMILES string of the molecule is CCCNS(=O)(=O)Nc1ncccc1Cl. The first-order chi connectivity index (χ1) is 7.05. The number of hydrogen-bond acceptors (Lipinski definition) is 3. The van der Waals surface area contributed by atoms with Crippen LogP contribution < -0.4 is 9.44 Å². The standard InChI is InChI=1S/C8H12ClN3O2S/c1-2-5-11-15(13,14)12-8-7(9)4-3-6-10-8/h3-4,6,11H,2,5H2,1H3,(H,10,12). The van der Waals surface area contributed by atoms with E-state index in [2.05, 4.69) is 14.4 Å². The van der Waals surface area contributed by atoms with Crippen LogP contribution in [0.2, 0.25) is 5.02 Å². The normalized spacial score (nSPS) is 11.3. The van der Waals surface area contributed by atoms with Gasteiger partial charge in [0.15, 0.2) is 5.82 Å². The van der Waals surface area contributed by atoms with Crippen LogP contribution in [-0.2, 0) is 10.2 Å². The van der Waals surface area contributed by atoms with Crippen LogP contribution in [0, 0.1) is 0 Å². The predicted molar refractivity (Wildman–Crippen MR) is 60.1 cm³/mol. The Labute approximate surface area is 94.0 Å². The lowest BCUT2D eigenvalue weighted by atomic mass is 10.5. The van der Waals surface area contributed by atoms with Gasteiger partial charge >= 0.3 is 0 Å². The number of nitrogens with zero attached hydrogens (tertiary/aromatic N) is 1. The first-order valence-electron chi connectivity index (χ1n) is 4.43. The highest BCUT2D eigenvalue weighted by atomic mass is 35.5. The number of aromatic nitrogens is 1. The van der Waals surface area contributed by atoms with Crippen molar-refractivity contribution in [2.75, 3.05) is 11.3 Å². The molecule has 0 aromatic carbocycles. The Morgan fingerprint density at radius 1 is 1.53 bits per heavy atom. The van der Waals surface area contributed by atoms with Crippen LogP contribution in [0.15, 0.2) is 18.3 Å². The third-order valence-electron chi connectivity index (χ3n) is 1.53. The van der Waals surface area contributed by atoms with E-state index >= 15 is 0 Å². The molecule has 0 aliphatic heterocycles. The van der Waals surface area contributed by atoms with Gasteiger partial charge in [0.1, 0.15) is 0 Å². The highest BCUT2D eigenvalue weighted by Crippen LogP contribution is 2.17. The Hall–Kier alpha value is -0.850. The van der Waals surface area contributed by atoms with Crippen molar-refractivity contribution in [1.82, 2.24) is 9.71 Å². The van der Waals surface area contributed by atoms with Crippen molar-refractivity contribution < 1.29 is 8.42 Å². The molecule has 0 bridgehead atoms. The van der Waals surface area contributed by atoms with Crippen LogP contribution in [0.4, 0.5) is 5.82 Å². The molecule has 5 nitrogen and oxygen atoms in total. The molecule has 15 heavy (non-hydrogen) atoms. The van der Waals surface area contributed by atoms with Gasteiger partial charge in [-0.15, -0.1) is 0 Å². The molecule has 0 saturated carbocycles. The second kappa shape index (κ2) is 5.29. The number of anilines is 1. The summed E-state index contributed by atoms with van der Waals surface area (Å²) in [5, 5.41) is 0.263. The lowest BCUT2D eigenvalue weighted by molar-refractivity contribution is 0.586. The van der Waals surface area contributed by atoms with Gasteiger partial charge in [0, 0.05) is 12.7 Å². The maximum Gasteiger partial charge on any atom is 0.300 e. The summed E-state index contributed by atoms with van der Waals surface area (Å²) >= 11 is 5.75. The third-order valence-corrected chi connectivity index (χ3v) is 2.88. The van der Waals surface area contributed by atoms with Gasteiger partial charge in [-0.05, 0) is 18.6 Å². The van der Waals surface area contributed by atoms with Gasteiger partial charge in [-0.2, -0.15) is 13.1 Å². The predicted octanol–water partition coefficient (Wildman–Crippen LogP) is 1.39. The zero-order chi connectivity index (χ0) is 11.3. The van der Waals surface area contributed by atoms with Crippen LogP contribution in [0.1, 0.15) is 13.3 Å². The zero-order valence-corrected chi connectivity index (χ0v) is 9.77. The van der Waals surface area contributed by atoms with Gasteiger partial charge in [0.25, 0.3) is 10.2 Å². The summed E-state index contributed by atoms with van der Waals surface area (Å²) < 4.78 is 27.4. The number of hydrogen-bond donors (Lipinski definition) is 2. The van der Waals surface area contributed by atoms with Gasteiger partial charge in [0.05, 0.1) is 5.02 Å². The van der Waals surface area contributed by atoms with Crippen molar-refractivity contribution in [3.8, 4) is 0 Å². The molecule has 2 N–H and O–H groups in total. The smallest absolute Gasteiger partial charge is 0.253 e. The minimum atomic E-state index is -3.57. The lowest BCUT2D eigenvalue weighted by Crippen LogP contribution is -2.31. The van der Waals surface area contributed by atoms with E-state index in [1.807, 2.05) is 6.92 Å². The van der Waals surface area contributed by atoms with Crippen molar-refractivity contribution in [1.29, 1.82) is 0 Å². The van der Waals surface area contributed by atoms with Gasteiger partial charge in [-0.3, -0.25) is 4.72 Å². The molecule has 0 radical (unpaired) electrons. The van der Waals surface area contributed by atoms with E-state index in [1.165, 1.54) is 6.20 Å². The van der Waals surface area contributed by atoms with Crippen LogP contribution in [0.3, 0.4) is 0 Å². The number of rotatable bonds is 5. The molecule has 0 aliphatic carbocycles. The summed E-state index contributed by atoms with van der Waals surface area (Å²) in [6.07, 6.45) is 2.18. The molecule has 1 aromatic heterocycles. The second-order valence-corrected chi connectivity index (χ2v) is 4.74. The Morgan fingerprint density at radius 3 is 2.87 bits per heavy atom. The van der Waals surface area contributed by atoms with E-state index in [1.54, 1.807) is 12.1 Å². The van der Waals surface area contributed by atoms with Gasteiger partial charge in [-0.25, -0.2) is 4.98 Å². The summed E-state index contributed by atoms with van der Waals surface area (Å²) in [6, 6.07) is 3.19. The molecule has 0 fully saturated rings. The van der Waals surface area contributed by atoms with Crippen molar-refractivity contribution in [2.24, 2.45) is 0 Å². The average Bonchev–Trinajstić information content (AvgIpc) is 2.18.